The van der Waals surface area contributed by atoms with E-state index in [0.717, 1.165) is 0 Å². The third-order valence-electron chi connectivity index (χ3n) is 6.11. The second-order valence-corrected chi connectivity index (χ2v) is 9.76. The molecule has 0 saturated carbocycles. The summed E-state index contributed by atoms with van der Waals surface area (Å²) in [5.41, 5.74) is -0.858. The summed E-state index contributed by atoms with van der Waals surface area (Å²) in [5, 5.41) is 30.5. The van der Waals surface area contributed by atoms with Gasteiger partial charge in [0.25, 0.3) is 0 Å². The Kier molecular flexibility index (Phi) is 5.07. The Morgan fingerprint density at radius 2 is 1.50 bits per heavy atom. The minimum Gasteiger partial charge on any atom is -0.396 e. The molecule has 3 unspecified atom stereocenters. The maximum Gasteiger partial charge on any atom is 0.118 e. The van der Waals surface area contributed by atoms with E-state index in [1.807, 2.05) is 19.1 Å². The van der Waals surface area contributed by atoms with E-state index in [9.17, 15) is 10.2 Å². The smallest absolute Gasteiger partial charge is 0.118 e. The molecule has 152 valence electrons. The number of nitrogens with zero attached hydrogens (tertiary/aromatic N) is 1. The maximum absolute atomic E-state index is 11.5. The van der Waals surface area contributed by atoms with Crippen LogP contribution >= 0.6 is 22.7 Å². The Morgan fingerprint density at radius 1 is 0.933 bits per heavy atom. The SMILES string of the molecule is CC(CO)C(O)C1(C(c2scc3ccccc23)c2scc3ccccc23)C=CC=N1. The molecule has 2 N–H and O–H groups in total. The molecule has 0 bridgehead atoms. The van der Waals surface area contributed by atoms with Gasteiger partial charge in [0.1, 0.15) is 5.54 Å². The minimum absolute atomic E-state index is 0.0879. The van der Waals surface area contributed by atoms with Gasteiger partial charge in [-0.3, -0.25) is 4.99 Å². The van der Waals surface area contributed by atoms with E-state index in [4.69, 9.17) is 4.99 Å². The van der Waals surface area contributed by atoms with Crippen LogP contribution in [0.4, 0.5) is 0 Å². The molecule has 2 aromatic heterocycles. The van der Waals surface area contributed by atoms with Crippen molar-refractivity contribution in [3.05, 3.63) is 81.2 Å². The number of hydrogen-bond acceptors (Lipinski definition) is 5. The first-order chi connectivity index (χ1) is 14.7. The van der Waals surface area contributed by atoms with Gasteiger partial charge in [0, 0.05) is 28.5 Å². The fraction of sp³-hybridized carbons (Fsp3) is 0.240. The van der Waals surface area contributed by atoms with E-state index in [1.54, 1.807) is 28.9 Å². The van der Waals surface area contributed by atoms with Crippen molar-refractivity contribution in [1.29, 1.82) is 0 Å². The number of aliphatic hydroxyl groups excluding tert-OH is 2. The monoisotopic (exact) mass is 433 g/mol. The van der Waals surface area contributed by atoms with Crippen LogP contribution in [0, 0.1) is 5.92 Å². The van der Waals surface area contributed by atoms with Crippen molar-refractivity contribution in [3.63, 3.8) is 0 Å². The zero-order chi connectivity index (χ0) is 20.7. The van der Waals surface area contributed by atoms with Crippen LogP contribution < -0.4 is 0 Å². The molecule has 30 heavy (non-hydrogen) atoms. The number of fused-ring (bicyclic) bond motifs is 2. The van der Waals surface area contributed by atoms with Gasteiger partial charge in [-0.1, -0.05) is 61.5 Å². The average molecular weight is 434 g/mol. The van der Waals surface area contributed by atoms with Crippen LogP contribution in [0.5, 0.6) is 0 Å². The summed E-state index contributed by atoms with van der Waals surface area (Å²) in [6.45, 7) is 1.79. The van der Waals surface area contributed by atoms with Crippen molar-refractivity contribution in [3.8, 4) is 0 Å². The Morgan fingerprint density at radius 3 is 2.00 bits per heavy atom. The number of benzene rings is 2. The quantitative estimate of drug-likeness (QED) is 0.415. The van der Waals surface area contributed by atoms with Crippen LogP contribution in [-0.2, 0) is 0 Å². The summed E-state index contributed by atoms with van der Waals surface area (Å²) in [5.74, 6) is -0.448. The number of aliphatic hydroxyl groups is 2. The molecule has 5 heteroatoms. The van der Waals surface area contributed by atoms with Crippen LogP contribution in [0.1, 0.15) is 22.6 Å². The highest BCUT2D eigenvalue weighted by Crippen LogP contribution is 2.51. The highest BCUT2D eigenvalue weighted by atomic mass is 32.1. The van der Waals surface area contributed by atoms with E-state index < -0.39 is 11.6 Å². The number of thiophene rings is 2. The summed E-state index contributed by atoms with van der Waals surface area (Å²) >= 11 is 3.45. The molecule has 3 atom stereocenters. The molecule has 0 saturated heterocycles. The lowest BCUT2D eigenvalue weighted by Gasteiger charge is -2.39. The number of rotatable bonds is 6. The zero-order valence-corrected chi connectivity index (χ0v) is 18.2. The predicted octanol–water partition coefficient (Wildman–Crippen LogP) is 5.62. The molecule has 5 rings (SSSR count). The molecular weight excluding hydrogens is 410 g/mol. The van der Waals surface area contributed by atoms with Gasteiger partial charge in [-0.2, -0.15) is 0 Å². The first-order valence-electron chi connectivity index (χ1n) is 10.1. The number of aliphatic imine (C=N–C) groups is 1. The van der Waals surface area contributed by atoms with E-state index >= 15 is 0 Å². The van der Waals surface area contributed by atoms with Gasteiger partial charge < -0.3 is 10.2 Å². The standard InChI is InChI=1S/C25H23NO2S2/c1-16(13-27)24(28)25(11-6-12-26-25)21(22-19-9-4-2-7-17(19)14-29-22)23-20-10-5-3-8-18(20)15-30-23/h2-12,14-16,21,24,27-28H,13H2,1H3. The highest BCUT2D eigenvalue weighted by Gasteiger charge is 2.49. The van der Waals surface area contributed by atoms with Gasteiger partial charge in [0.2, 0.25) is 0 Å². The first kappa shape index (κ1) is 19.6. The van der Waals surface area contributed by atoms with Gasteiger partial charge in [0.15, 0.2) is 0 Å². The molecule has 0 amide bonds. The van der Waals surface area contributed by atoms with Gasteiger partial charge in [0.05, 0.1) is 12.0 Å². The van der Waals surface area contributed by atoms with E-state index in [0.29, 0.717) is 0 Å². The first-order valence-corrected chi connectivity index (χ1v) is 11.9. The van der Waals surface area contributed by atoms with Crippen molar-refractivity contribution in [2.45, 2.75) is 24.5 Å². The Hall–Kier alpha value is -2.31. The fourth-order valence-corrected chi connectivity index (χ4v) is 7.00. The molecule has 2 aromatic carbocycles. The van der Waals surface area contributed by atoms with E-state index in [-0.39, 0.29) is 18.4 Å². The average Bonchev–Trinajstić information content (AvgIpc) is 3.53. The molecule has 0 fully saturated rings. The zero-order valence-electron chi connectivity index (χ0n) is 16.6. The number of allylic oxidation sites excluding steroid dienone is 1. The predicted molar refractivity (Wildman–Crippen MR) is 128 cm³/mol. The summed E-state index contributed by atoms with van der Waals surface area (Å²) < 4.78 is 0. The Labute approximate surface area is 183 Å². The van der Waals surface area contributed by atoms with Crippen molar-refractivity contribution in [2.24, 2.45) is 10.9 Å². The third-order valence-corrected chi connectivity index (χ3v) is 8.28. The van der Waals surface area contributed by atoms with Gasteiger partial charge >= 0.3 is 0 Å². The van der Waals surface area contributed by atoms with Gasteiger partial charge in [-0.05, 0) is 38.4 Å². The summed E-state index contributed by atoms with van der Waals surface area (Å²) in [4.78, 5) is 7.28. The van der Waals surface area contributed by atoms with Crippen molar-refractivity contribution in [1.82, 2.24) is 0 Å². The molecule has 3 nitrogen and oxygen atoms in total. The second-order valence-electron chi connectivity index (χ2n) is 7.94. The van der Waals surface area contributed by atoms with E-state index in [1.165, 1.54) is 31.3 Å². The van der Waals surface area contributed by atoms with E-state index in [2.05, 4.69) is 59.3 Å². The summed E-state index contributed by atoms with van der Waals surface area (Å²) in [6.07, 6.45) is 4.92. The lowest BCUT2D eigenvalue weighted by molar-refractivity contribution is 0.0295. The third kappa shape index (κ3) is 2.96. The topological polar surface area (TPSA) is 52.8 Å². The summed E-state index contributed by atoms with van der Waals surface area (Å²) in [6, 6.07) is 16.8. The van der Waals surface area contributed by atoms with Crippen molar-refractivity contribution >= 4 is 50.4 Å². The Bertz CT molecular complexity index is 1170. The molecule has 1 aliphatic heterocycles. The lowest BCUT2D eigenvalue weighted by atomic mass is 9.73. The molecule has 0 spiro atoms. The van der Waals surface area contributed by atoms with Crippen molar-refractivity contribution < 1.29 is 10.2 Å². The molecule has 4 aromatic rings. The second kappa shape index (κ2) is 7.75. The van der Waals surface area contributed by atoms with Gasteiger partial charge in [-0.25, -0.2) is 0 Å². The van der Waals surface area contributed by atoms with Crippen LogP contribution in [0.15, 0.2) is 76.4 Å². The highest BCUT2D eigenvalue weighted by molar-refractivity contribution is 7.13. The lowest BCUT2D eigenvalue weighted by Crippen LogP contribution is -2.47. The van der Waals surface area contributed by atoms with Gasteiger partial charge in [-0.15, -0.1) is 22.7 Å². The molecule has 0 radical (unpaired) electrons. The summed E-state index contributed by atoms with van der Waals surface area (Å²) in [7, 11) is 0. The van der Waals surface area contributed by atoms with Crippen LogP contribution in [0.3, 0.4) is 0 Å². The molecule has 3 heterocycles. The number of hydrogen-bond donors (Lipinski definition) is 2. The molecule has 1 aliphatic rings. The Balaban J connectivity index is 1.81. The maximum atomic E-state index is 11.5. The van der Waals surface area contributed by atoms with Crippen LogP contribution in [-0.4, -0.2) is 34.7 Å². The largest absolute Gasteiger partial charge is 0.396 e. The van der Waals surface area contributed by atoms with Crippen LogP contribution in [0.2, 0.25) is 0 Å². The normalized spacial score (nSPS) is 20.5. The molecular formula is C25H23NO2S2. The fourth-order valence-electron chi connectivity index (χ4n) is 4.50. The van der Waals surface area contributed by atoms with Crippen LogP contribution in [0.25, 0.3) is 21.5 Å². The minimum atomic E-state index is -0.858. The molecule has 0 aliphatic carbocycles. The van der Waals surface area contributed by atoms with Crippen molar-refractivity contribution in [2.75, 3.05) is 6.61 Å².